The average molecular weight is 543 g/mol. The molecule has 3 heterocycles. The largest absolute Gasteiger partial charge is 0.508 e. The third-order valence-corrected chi connectivity index (χ3v) is 12.2. The summed E-state index contributed by atoms with van der Waals surface area (Å²) in [6.45, 7) is 2.23. The summed E-state index contributed by atoms with van der Waals surface area (Å²) in [6.07, 6.45) is 13.1. The third-order valence-electron chi connectivity index (χ3n) is 12.2. The molecule has 0 aromatic heterocycles. The smallest absolute Gasteiger partial charge is 0.165 e. The molecule has 1 spiro atoms. The highest BCUT2D eigenvalue weighted by Crippen LogP contribution is 2.62. The second-order valence-corrected chi connectivity index (χ2v) is 13.8. The first kappa shape index (κ1) is 25.2. The minimum atomic E-state index is -0.594. The van der Waals surface area contributed by atoms with Gasteiger partial charge in [0.05, 0.1) is 0 Å². The van der Waals surface area contributed by atoms with Crippen molar-refractivity contribution in [1.82, 2.24) is 9.80 Å². The van der Waals surface area contributed by atoms with Crippen LogP contribution in [0, 0.1) is 11.8 Å². The minimum absolute atomic E-state index is 0.160. The highest BCUT2D eigenvalue weighted by molar-refractivity contribution is 5.61. The van der Waals surface area contributed by atoms with Crippen LogP contribution < -0.4 is 4.74 Å². The Hall–Kier alpha value is -2.54. The van der Waals surface area contributed by atoms with E-state index in [-0.39, 0.29) is 17.3 Å². The fraction of sp³-hybridized carbons (Fsp3) is 0.588. The SMILES string of the molecule is CN1CC[C@]23CCCCC2C1Cc1ccc(O)cc13.CN1CC[C@]23c4c5ccc(O)c4OC2[C@@H](O)C=C[C@H]3C1C5. The number of aromatic hydroxyl groups is 2. The van der Waals surface area contributed by atoms with Crippen molar-refractivity contribution >= 4 is 0 Å². The van der Waals surface area contributed by atoms with Gasteiger partial charge in [0.2, 0.25) is 0 Å². The van der Waals surface area contributed by atoms with Crippen LogP contribution in [0.15, 0.2) is 42.5 Å². The number of ether oxygens (including phenoxy) is 1. The molecule has 4 unspecified atom stereocenters. The number of likely N-dealkylation sites (tertiary alicyclic amines) is 2. The Morgan fingerprint density at radius 3 is 2.52 bits per heavy atom. The molecule has 7 aliphatic rings. The molecule has 6 nitrogen and oxygen atoms in total. The molecule has 4 aliphatic carbocycles. The number of hydrogen-bond donors (Lipinski definition) is 3. The summed E-state index contributed by atoms with van der Waals surface area (Å²) in [5.74, 6) is 2.46. The van der Waals surface area contributed by atoms with Crippen molar-refractivity contribution in [3.8, 4) is 17.2 Å². The number of phenolic OH excluding ortho intramolecular Hbond substituents is 2. The Morgan fingerprint density at radius 2 is 1.65 bits per heavy atom. The molecule has 9 rings (SSSR count). The predicted molar refractivity (Wildman–Crippen MR) is 154 cm³/mol. The Balaban J connectivity index is 0.000000123. The maximum atomic E-state index is 10.4. The molecule has 3 aliphatic heterocycles. The monoisotopic (exact) mass is 542 g/mol. The van der Waals surface area contributed by atoms with Gasteiger partial charge in [-0.15, -0.1) is 0 Å². The van der Waals surface area contributed by atoms with E-state index in [1.807, 2.05) is 18.2 Å². The van der Waals surface area contributed by atoms with E-state index in [2.05, 4.69) is 42.1 Å². The van der Waals surface area contributed by atoms with Crippen LogP contribution in [-0.4, -0.2) is 76.6 Å². The van der Waals surface area contributed by atoms with E-state index >= 15 is 0 Å². The Bertz CT molecular complexity index is 1390. The molecule has 3 fully saturated rings. The first-order valence-electron chi connectivity index (χ1n) is 15.4. The molecular weight excluding hydrogens is 500 g/mol. The van der Waals surface area contributed by atoms with Crippen molar-refractivity contribution in [2.75, 3.05) is 27.2 Å². The standard InChI is InChI=1S/C17H19NO3.C17H23NO/c1-18-7-6-17-10-3-5-13(20)16(17)21-15-12(19)4-2-9(14(15)17)8-11(10)18;1-18-9-8-17-7-3-2-4-14(17)16(18)10-12-5-6-13(19)11-15(12)17/h2-5,10-11,13,16,19-20H,6-8H2,1H3;5-6,11,14,16,19H,2-4,7-10H2,1H3/t10-,11?,13-,16?,17-;14?,16?,17-/m01/s1. The van der Waals surface area contributed by atoms with E-state index in [4.69, 9.17) is 4.74 Å². The molecule has 4 bridgehead atoms. The van der Waals surface area contributed by atoms with Gasteiger partial charge in [-0.2, -0.15) is 0 Å². The van der Waals surface area contributed by atoms with Crippen molar-refractivity contribution in [3.05, 3.63) is 64.7 Å². The number of benzene rings is 2. The van der Waals surface area contributed by atoms with Crippen LogP contribution in [0.1, 0.15) is 60.8 Å². The van der Waals surface area contributed by atoms with Gasteiger partial charge in [-0.1, -0.05) is 37.1 Å². The molecule has 0 amide bonds. The van der Waals surface area contributed by atoms with Crippen LogP contribution >= 0.6 is 0 Å². The zero-order chi connectivity index (χ0) is 27.4. The third kappa shape index (κ3) is 3.21. The number of likely N-dealkylation sites (N-methyl/N-ethyl adjacent to an activating group) is 2. The highest BCUT2D eigenvalue weighted by atomic mass is 16.5. The lowest BCUT2D eigenvalue weighted by Crippen LogP contribution is -2.64. The number of aliphatic hydroxyl groups is 1. The average Bonchev–Trinajstić information content (AvgIpc) is 3.32. The molecule has 0 radical (unpaired) electrons. The normalized spacial score (nSPS) is 40.2. The van der Waals surface area contributed by atoms with Crippen LogP contribution in [0.3, 0.4) is 0 Å². The zero-order valence-electron chi connectivity index (χ0n) is 23.7. The quantitative estimate of drug-likeness (QED) is 0.432. The van der Waals surface area contributed by atoms with Gasteiger partial charge in [-0.05, 0) is 107 Å². The van der Waals surface area contributed by atoms with Gasteiger partial charge in [0.25, 0.3) is 0 Å². The number of phenols is 2. The molecule has 212 valence electrons. The molecule has 2 aromatic rings. The molecule has 2 saturated heterocycles. The maximum absolute atomic E-state index is 10.4. The van der Waals surface area contributed by atoms with Crippen molar-refractivity contribution < 1.29 is 20.1 Å². The van der Waals surface area contributed by atoms with Crippen molar-refractivity contribution in [1.29, 1.82) is 0 Å². The summed E-state index contributed by atoms with van der Waals surface area (Å²) in [5.41, 5.74) is 5.65. The summed E-state index contributed by atoms with van der Waals surface area (Å²) in [4.78, 5) is 5.02. The second-order valence-electron chi connectivity index (χ2n) is 13.8. The number of piperidine rings is 2. The van der Waals surface area contributed by atoms with Gasteiger partial charge in [0.1, 0.15) is 18.0 Å². The molecule has 1 saturated carbocycles. The number of fused-ring (bicyclic) bond motifs is 1. The molecule has 40 heavy (non-hydrogen) atoms. The van der Waals surface area contributed by atoms with Gasteiger partial charge in [0.15, 0.2) is 11.5 Å². The van der Waals surface area contributed by atoms with Crippen molar-refractivity contribution in [3.63, 3.8) is 0 Å². The number of nitrogens with zero attached hydrogens (tertiary/aromatic N) is 2. The van der Waals surface area contributed by atoms with Crippen LogP contribution in [0.25, 0.3) is 0 Å². The molecule has 6 heteroatoms. The molecule has 2 aromatic carbocycles. The van der Waals surface area contributed by atoms with Crippen molar-refractivity contribution in [2.45, 2.75) is 86.5 Å². The van der Waals surface area contributed by atoms with E-state index in [9.17, 15) is 15.3 Å². The van der Waals surface area contributed by atoms with Gasteiger partial charge in [-0.25, -0.2) is 0 Å². The zero-order valence-corrected chi connectivity index (χ0v) is 23.7. The number of aliphatic hydroxyl groups excluding tert-OH is 1. The molecule has 3 N–H and O–H groups in total. The minimum Gasteiger partial charge on any atom is -0.508 e. The van der Waals surface area contributed by atoms with E-state index in [0.717, 1.165) is 31.3 Å². The summed E-state index contributed by atoms with van der Waals surface area (Å²) >= 11 is 0. The Kier molecular flexibility index (Phi) is 5.50. The summed E-state index contributed by atoms with van der Waals surface area (Å²) in [5, 5.41) is 30.6. The van der Waals surface area contributed by atoms with Gasteiger partial charge >= 0.3 is 0 Å². The maximum Gasteiger partial charge on any atom is 0.165 e. The second kappa shape index (κ2) is 8.73. The summed E-state index contributed by atoms with van der Waals surface area (Å²) < 4.78 is 6.09. The fourth-order valence-corrected chi connectivity index (χ4v) is 10.4. The Labute approximate surface area is 237 Å². The predicted octanol–water partition coefficient (Wildman–Crippen LogP) is 4.28. The molecular formula is C34H42N2O4. The van der Waals surface area contributed by atoms with Gasteiger partial charge in [0, 0.05) is 34.4 Å². The lowest BCUT2D eigenvalue weighted by atomic mass is 9.52. The highest BCUT2D eigenvalue weighted by Gasteiger charge is 2.64. The Morgan fingerprint density at radius 1 is 0.875 bits per heavy atom. The van der Waals surface area contributed by atoms with E-state index in [1.54, 1.807) is 6.07 Å². The molecule has 8 atom stereocenters. The number of hydrogen-bond acceptors (Lipinski definition) is 6. The van der Waals surface area contributed by atoms with Crippen LogP contribution in [0.5, 0.6) is 17.2 Å². The van der Waals surface area contributed by atoms with Gasteiger partial charge < -0.3 is 29.9 Å². The first-order chi connectivity index (χ1) is 19.3. The summed E-state index contributed by atoms with van der Waals surface area (Å²) in [7, 11) is 4.49. The van der Waals surface area contributed by atoms with E-state index in [1.165, 1.54) is 67.3 Å². The number of rotatable bonds is 0. The first-order valence-corrected chi connectivity index (χ1v) is 15.4. The van der Waals surface area contributed by atoms with Gasteiger partial charge in [-0.3, -0.25) is 0 Å². The topological polar surface area (TPSA) is 76.4 Å². The fourth-order valence-electron chi connectivity index (χ4n) is 10.4. The lowest BCUT2D eigenvalue weighted by molar-refractivity contribution is -0.0453. The van der Waals surface area contributed by atoms with Crippen LogP contribution in [0.2, 0.25) is 0 Å². The van der Waals surface area contributed by atoms with Crippen LogP contribution in [0.4, 0.5) is 0 Å². The summed E-state index contributed by atoms with van der Waals surface area (Å²) in [6, 6.07) is 11.1. The van der Waals surface area contributed by atoms with Crippen molar-refractivity contribution in [2.24, 2.45) is 11.8 Å². The van der Waals surface area contributed by atoms with Crippen LogP contribution in [-0.2, 0) is 23.7 Å². The van der Waals surface area contributed by atoms with E-state index < -0.39 is 6.10 Å². The van der Waals surface area contributed by atoms with E-state index in [0.29, 0.717) is 28.9 Å². The lowest BCUT2D eigenvalue weighted by Gasteiger charge is -2.58.